The quantitative estimate of drug-likeness (QED) is 0.0283. The molecule has 9 aromatic carbocycles. The second kappa shape index (κ2) is 19.3. The van der Waals surface area contributed by atoms with Crippen LogP contribution >= 0.6 is 0 Å². The van der Waals surface area contributed by atoms with Crippen LogP contribution in [-0.2, 0) is 6.54 Å². The van der Waals surface area contributed by atoms with E-state index in [-0.39, 0.29) is 5.78 Å². The first-order valence-corrected chi connectivity index (χ1v) is 21.5. The van der Waals surface area contributed by atoms with Crippen molar-refractivity contribution in [1.82, 2.24) is 0 Å². The predicted molar refractivity (Wildman–Crippen MR) is 236 cm³/mol. The van der Waals surface area contributed by atoms with Crippen LogP contribution in [0.25, 0.3) is 43.6 Å². The van der Waals surface area contributed by atoms with Gasteiger partial charge in [0.25, 0.3) is 0 Å². The zero-order valence-electron chi connectivity index (χ0n) is 37.1. The molecule has 0 radical (unpaired) electrons. The number of aromatic nitrogens is 1. The van der Waals surface area contributed by atoms with Crippen molar-refractivity contribution < 1.29 is 97.2 Å². The van der Waals surface area contributed by atoms with E-state index in [0.717, 1.165) is 16.8 Å². The molecule has 0 saturated heterocycles. The molecule has 0 saturated carbocycles. The van der Waals surface area contributed by atoms with Crippen LogP contribution in [0, 0.1) is 116 Å². The lowest BCUT2D eigenvalue weighted by atomic mass is 9.12. The lowest BCUT2D eigenvalue weighted by Crippen LogP contribution is -2.81. The number of carbonyl (C=O) groups is 1. The minimum absolute atomic E-state index is 0.107. The maximum Gasteiger partial charge on any atom is 0.227 e. The van der Waals surface area contributed by atoms with E-state index in [4.69, 9.17) is 0 Å². The highest BCUT2D eigenvalue weighted by molar-refractivity contribution is 7.20. The molecule has 1 aromatic heterocycles. The molecular formula is C53H20BF20NO. The fraction of sp³-hybridized carbons (Fsp3) is 0.0189. The van der Waals surface area contributed by atoms with E-state index >= 15 is 35.1 Å². The molecule has 0 aliphatic carbocycles. The molecule has 0 fully saturated rings. The Morgan fingerprint density at radius 3 is 1.05 bits per heavy atom. The van der Waals surface area contributed by atoms with Crippen LogP contribution in [0.15, 0.2) is 109 Å². The minimum Gasteiger partial charge on any atom is -0.287 e. The predicted octanol–water partition coefficient (Wildman–Crippen LogP) is 12.3. The summed E-state index contributed by atoms with van der Waals surface area (Å²) in [6.45, 7) is 0.308. The number of rotatable bonds is 8. The van der Waals surface area contributed by atoms with Gasteiger partial charge < -0.3 is 0 Å². The molecule has 0 aliphatic rings. The SMILES string of the molecule is Fc1c(F)c(F)c([B-](c2c(F)c(F)c(F)c(F)c2F)(c2c(F)c(F)c(F)c(F)c2F)c2c(F)c(F)c(F)c(F)c2F)c(F)c1F.O=C(C[n+]1ccccc1-c1ccc2ccc3cccc4ccc1c2c34)c1ccccc1. The molecule has 0 spiro atoms. The smallest absolute Gasteiger partial charge is 0.227 e. The van der Waals surface area contributed by atoms with Gasteiger partial charge in [-0.3, -0.25) is 4.79 Å². The van der Waals surface area contributed by atoms with E-state index in [0.29, 0.717) is 6.54 Å². The van der Waals surface area contributed by atoms with Crippen LogP contribution in [0.4, 0.5) is 87.8 Å². The molecule has 386 valence electrons. The van der Waals surface area contributed by atoms with Crippen LogP contribution in [0.1, 0.15) is 10.4 Å². The number of carbonyl (C=O) groups excluding carboxylic acids is 1. The Hall–Kier alpha value is -8.50. The van der Waals surface area contributed by atoms with Gasteiger partial charge in [-0.1, -0.05) is 78.9 Å². The van der Waals surface area contributed by atoms with Gasteiger partial charge in [-0.15, -0.1) is 21.9 Å². The largest absolute Gasteiger partial charge is 0.287 e. The van der Waals surface area contributed by atoms with Crippen molar-refractivity contribution in [3.8, 4) is 11.3 Å². The molecule has 0 aliphatic heterocycles. The van der Waals surface area contributed by atoms with E-state index in [1.807, 2.05) is 48.7 Å². The van der Waals surface area contributed by atoms with E-state index in [1.165, 1.54) is 32.3 Å². The first-order valence-electron chi connectivity index (χ1n) is 21.5. The Morgan fingerprint density at radius 2 is 0.658 bits per heavy atom. The minimum atomic E-state index is -7.22. The summed E-state index contributed by atoms with van der Waals surface area (Å²) in [6, 6.07) is 35.3. The van der Waals surface area contributed by atoms with Gasteiger partial charge in [-0.2, -0.15) is 4.57 Å². The van der Waals surface area contributed by atoms with Gasteiger partial charge in [-0.05, 0) is 44.5 Å². The van der Waals surface area contributed by atoms with Crippen LogP contribution in [0.3, 0.4) is 0 Å². The number of hydrogen-bond donors (Lipinski definition) is 0. The number of ketones is 1. The van der Waals surface area contributed by atoms with Gasteiger partial charge in [0.1, 0.15) is 52.7 Å². The molecular weight excluding hydrogens is 1060 g/mol. The molecule has 0 atom stereocenters. The number of pyridine rings is 1. The molecule has 0 unspecified atom stereocenters. The molecule has 10 aromatic rings. The van der Waals surface area contributed by atoms with Crippen molar-refractivity contribution in [1.29, 1.82) is 0 Å². The van der Waals surface area contributed by atoms with Crippen molar-refractivity contribution >= 4 is 66.1 Å². The molecule has 2 nitrogen and oxygen atoms in total. The fourth-order valence-corrected chi connectivity index (χ4v) is 9.56. The van der Waals surface area contributed by atoms with E-state index in [1.54, 1.807) is 0 Å². The number of halogens is 20. The van der Waals surface area contributed by atoms with Gasteiger partial charge in [0.15, 0.2) is 76.0 Å². The normalized spacial score (nSPS) is 11.8. The molecule has 76 heavy (non-hydrogen) atoms. The highest BCUT2D eigenvalue weighted by atomic mass is 19.2. The number of hydrogen-bond acceptors (Lipinski definition) is 1. The van der Waals surface area contributed by atoms with Crippen molar-refractivity contribution in [2.45, 2.75) is 6.54 Å². The summed E-state index contributed by atoms with van der Waals surface area (Å²) in [4.78, 5) is 12.9. The van der Waals surface area contributed by atoms with Gasteiger partial charge >= 0.3 is 0 Å². The lowest BCUT2D eigenvalue weighted by molar-refractivity contribution is -0.672. The topological polar surface area (TPSA) is 20.9 Å². The zero-order chi connectivity index (χ0) is 55.1. The summed E-state index contributed by atoms with van der Waals surface area (Å²) in [5.74, 6) is -71.3. The Kier molecular flexibility index (Phi) is 13.3. The van der Waals surface area contributed by atoms with Gasteiger partial charge in [0.2, 0.25) is 18.0 Å². The molecule has 10 rings (SSSR count). The summed E-state index contributed by atoms with van der Waals surface area (Å²) in [5.41, 5.74) is -11.4. The zero-order valence-corrected chi connectivity index (χ0v) is 37.1. The summed E-state index contributed by atoms with van der Waals surface area (Å²) < 4.78 is 296. The Labute approximate surface area is 411 Å². The summed E-state index contributed by atoms with van der Waals surface area (Å²) in [5, 5.41) is 7.57. The van der Waals surface area contributed by atoms with Crippen molar-refractivity contribution in [3.05, 3.63) is 231 Å². The monoisotopic (exact) mass is 1080 g/mol. The van der Waals surface area contributed by atoms with Crippen LogP contribution in [0.2, 0.25) is 0 Å². The van der Waals surface area contributed by atoms with Crippen molar-refractivity contribution in [2.24, 2.45) is 0 Å². The first kappa shape index (κ1) is 52.4. The summed E-state index contributed by atoms with van der Waals surface area (Å²) in [6.07, 6.45) is -5.22. The molecule has 0 amide bonds. The Morgan fingerprint density at radius 1 is 0.329 bits per heavy atom. The molecule has 0 bridgehead atoms. The van der Waals surface area contributed by atoms with Crippen molar-refractivity contribution in [2.75, 3.05) is 0 Å². The second-order valence-electron chi connectivity index (χ2n) is 16.8. The third-order valence-electron chi connectivity index (χ3n) is 12.9. The Balaban J connectivity index is 0.000000197. The van der Waals surface area contributed by atoms with E-state index < -0.39 is 144 Å². The number of Topliss-reactive ketones (excluding diaryl/α,β-unsaturated/α-hetero) is 1. The van der Waals surface area contributed by atoms with Crippen LogP contribution < -0.4 is 26.4 Å². The van der Waals surface area contributed by atoms with Crippen molar-refractivity contribution in [3.63, 3.8) is 0 Å². The maximum absolute atomic E-state index is 15.4. The average molecular weight is 1080 g/mol. The second-order valence-corrected chi connectivity index (χ2v) is 16.8. The van der Waals surface area contributed by atoms with E-state index in [2.05, 4.69) is 65.2 Å². The average Bonchev–Trinajstić information content (AvgIpc) is 3.43. The van der Waals surface area contributed by atoms with Gasteiger partial charge in [0, 0.05) is 17.7 Å². The third kappa shape index (κ3) is 7.75. The molecule has 0 N–H and O–H groups in total. The number of nitrogens with zero attached hydrogens (tertiary/aromatic N) is 1. The van der Waals surface area contributed by atoms with Crippen LogP contribution in [-0.4, -0.2) is 11.9 Å². The highest BCUT2D eigenvalue weighted by Gasteiger charge is 2.52. The van der Waals surface area contributed by atoms with Gasteiger partial charge in [-0.25, -0.2) is 87.8 Å². The maximum atomic E-state index is 15.4. The third-order valence-corrected chi connectivity index (χ3v) is 12.9. The highest BCUT2D eigenvalue weighted by Crippen LogP contribution is 2.39. The fourth-order valence-electron chi connectivity index (χ4n) is 9.56. The molecule has 1 heterocycles. The van der Waals surface area contributed by atoms with E-state index in [9.17, 15) is 57.5 Å². The van der Waals surface area contributed by atoms with Crippen LogP contribution in [0.5, 0.6) is 0 Å². The first-order chi connectivity index (χ1) is 36.0. The summed E-state index contributed by atoms with van der Waals surface area (Å²) in [7, 11) is 0. The lowest BCUT2D eigenvalue weighted by Gasteiger charge is -2.44. The molecule has 23 heteroatoms. The Bertz CT molecular complexity index is 3660. The number of benzene rings is 9. The summed E-state index contributed by atoms with van der Waals surface area (Å²) >= 11 is 0. The van der Waals surface area contributed by atoms with Gasteiger partial charge in [0.05, 0.1) is 5.56 Å². The standard InChI is InChI=1S/C29H20NO.C24BF20/c31-27(20-7-2-1-3-8-20)19-30-18-5-4-11-26(30)24-16-14-23-13-12-21-9-6-10-22-15-17-25(24)29(23)28(21)22;26-5-1(6(27)14(35)21(42)13(5)34)25(2-7(28)15(36)22(43)16(37)8(2)29,3-9(30)17(38)23(44)18(39)10(3)31)4-11(32)19(40)24(45)20(41)12(4)33/h1-18H,19H2;/q+1;-1.